The second-order valence-corrected chi connectivity index (χ2v) is 3.90. The van der Waals surface area contributed by atoms with Crippen LogP contribution in [0.15, 0.2) is 60.7 Å². The van der Waals surface area contributed by atoms with Gasteiger partial charge >= 0.3 is 0 Å². The van der Waals surface area contributed by atoms with Gasteiger partial charge < -0.3 is 10.1 Å². The Morgan fingerprint density at radius 2 is 1.35 bits per heavy atom. The molecule has 0 amide bonds. The van der Waals surface area contributed by atoms with Gasteiger partial charge in [0, 0.05) is 11.1 Å². The van der Waals surface area contributed by atoms with Crippen molar-refractivity contribution in [2.45, 2.75) is 0 Å². The Labute approximate surface area is 101 Å². The zero-order valence-electron chi connectivity index (χ0n) is 9.39. The van der Waals surface area contributed by atoms with E-state index >= 15 is 0 Å². The molecule has 1 aliphatic rings. The Balaban J connectivity index is 2.08. The summed E-state index contributed by atoms with van der Waals surface area (Å²) in [4.78, 5) is 0. The largest absolute Gasteiger partial charge is 0.470 e. The summed E-state index contributed by atoms with van der Waals surface area (Å²) < 4.78 is 5.67. The van der Waals surface area contributed by atoms with E-state index in [1.807, 2.05) is 36.4 Å². The molecule has 0 saturated heterocycles. The van der Waals surface area contributed by atoms with E-state index in [0.29, 0.717) is 6.73 Å². The second kappa shape index (κ2) is 4.34. The summed E-state index contributed by atoms with van der Waals surface area (Å²) in [6, 6.07) is 20.4. The smallest absolute Gasteiger partial charge is 0.159 e. The lowest BCUT2D eigenvalue weighted by Gasteiger charge is -2.05. The van der Waals surface area contributed by atoms with Crippen LogP contribution in [0, 0.1) is 0 Å². The second-order valence-electron chi connectivity index (χ2n) is 3.90. The van der Waals surface area contributed by atoms with Crippen LogP contribution < -0.4 is 5.32 Å². The third-order valence-electron chi connectivity index (χ3n) is 2.79. The van der Waals surface area contributed by atoms with Crippen LogP contribution in [-0.2, 0) is 4.74 Å². The lowest BCUT2D eigenvalue weighted by Crippen LogP contribution is -2.06. The van der Waals surface area contributed by atoms with Crippen molar-refractivity contribution in [3.63, 3.8) is 0 Å². The highest BCUT2D eigenvalue weighted by atomic mass is 16.5. The molecular formula is C15H13NO. The molecule has 0 radical (unpaired) electrons. The van der Waals surface area contributed by atoms with Crippen LogP contribution in [0.4, 0.5) is 0 Å². The molecule has 0 spiro atoms. The Kier molecular flexibility index (Phi) is 2.54. The zero-order chi connectivity index (χ0) is 11.5. The summed E-state index contributed by atoms with van der Waals surface area (Å²) in [5, 5.41) is 3.28. The van der Waals surface area contributed by atoms with Crippen molar-refractivity contribution in [3.05, 3.63) is 71.8 Å². The van der Waals surface area contributed by atoms with Gasteiger partial charge in [-0.2, -0.15) is 0 Å². The van der Waals surface area contributed by atoms with Crippen LogP contribution in [-0.4, -0.2) is 6.73 Å². The van der Waals surface area contributed by atoms with Gasteiger partial charge in [0.2, 0.25) is 0 Å². The molecular weight excluding hydrogens is 210 g/mol. The average Bonchev–Trinajstić information content (AvgIpc) is 2.90. The van der Waals surface area contributed by atoms with Crippen LogP contribution in [0.2, 0.25) is 0 Å². The number of nitrogens with one attached hydrogen (secondary N) is 1. The quantitative estimate of drug-likeness (QED) is 0.844. The minimum atomic E-state index is 0.536. The number of benzene rings is 2. The van der Waals surface area contributed by atoms with Gasteiger partial charge in [0.15, 0.2) is 12.5 Å². The summed E-state index contributed by atoms with van der Waals surface area (Å²) in [5.74, 6) is 0.928. The Bertz CT molecular complexity index is 482. The molecule has 84 valence electrons. The van der Waals surface area contributed by atoms with Crippen molar-refractivity contribution in [1.82, 2.24) is 5.32 Å². The van der Waals surface area contributed by atoms with Crippen LogP contribution in [0.25, 0.3) is 11.5 Å². The predicted octanol–water partition coefficient (Wildman–Crippen LogP) is 3.09. The van der Waals surface area contributed by atoms with Gasteiger partial charge in [-0.05, 0) is 0 Å². The van der Waals surface area contributed by atoms with Gasteiger partial charge in [0.25, 0.3) is 0 Å². The molecule has 2 nitrogen and oxygen atoms in total. The van der Waals surface area contributed by atoms with Gasteiger partial charge in [-0.15, -0.1) is 0 Å². The van der Waals surface area contributed by atoms with E-state index < -0.39 is 0 Å². The van der Waals surface area contributed by atoms with Crippen LogP contribution in [0.3, 0.4) is 0 Å². The highest BCUT2D eigenvalue weighted by Gasteiger charge is 2.17. The van der Waals surface area contributed by atoms with Crippen molar-refractivity contribution in [2.75, 3.05) is 6.73 Å². The molecule has 1 heterocycles. The van der Waals surface area contributed by atoms with E-state index in [2.05, 4.69) is 29.6 Å². The molecule has 2 aromatic carbocycles. The number of hydrogen-bond donors (Lipinski definition) is 1. The molecule has 17 heavy (non-hydrogen) atoms. The van der Waals surface area contributed by atoms with Crippen molar-refractivity contribution in [1.29, 1.82) is 0 Å². The minimum absolute atomic E-state index is 0.536. The fourth-order valence-electron chi connectivity index (χ4n) is 1.99. The highest BCUT2D eigenvalue weighted by Crippen LogP contribution is 2.28. The van der Waals surface area contributed by atoms with E-state index in [4.69, 9.17) is 4.74 Å². The van der Waals surface area contributed by atoms with Gasteiger partial charge in [-0.25, -0.2) is 0 Å². The molecule has 0 bridgehead atoms. The normalized spacial score (nSPS) is 14.4. The van der Waals surface area contributed by atoms with E-state index in [1.165, 1.54) is 0 Å². The van der Waals surface area contributed by atoms with Gasteiger partial charge in [-0.3, -0.25) is 0 Å². The van der Waals surface area contributed by atoms with Crippen LogP contribution >= 0.6 is 0 Å². The van der Waals surface area contributed by atoms with Crippen LogP contribution in [0.1, 0.15) is 11.1 Å². The molecule has 1 aliphatic heterocycles. The van der Waals surface area contributed by atoms with E-state index in [0.717, 1.165) is 22.6 Å². The highest BCUT2D eigenvalue weighted by molar-refractivity contribution is 5.87. The first-order valence-corrected chi connectivity index (χ1v) is 5.67. The number of ether oxygens (including phenoxy) is 1. The first kappa shape index (κ1) is 9.97. The van der Waals surface area contributed by atoms with Gasteiger partial charge in [0.05, 0.1) is 5.70 Å². The summed E-state index contributed by atoms with van der Waals surface area (Å²) in [6.45, 7) is 0.536. The zero-order valence-corrected chi connectivity index (χ0v) is 9.39. The fraction of sp³-hybridized carbons (Fsp3) is 0.0667. The minimum Gasteiger partial charge on any atom is -0.470 e. The summed E-state index contributed by atoms with van der Waals surface area (Å²) in [6.07, 6.45) is 0. The Morgan fingerprint density at radius 3 is 2.00 bits per heavy atom. The number of hydrogen-bond acceptors (Lipinski definition) is 2. The molecule has 0 saturated carbocycles. The maximum absolute atomic E-state index is 5.67. The molecule has 2 aromatic rings. The third-order valence-corrected chi connectivity index (χ3v) is 2.79. The van der Waals surface area contributed by atoms with E-state index in [-0.39, 0.29) is 0 Å². The molecule has 3 rings (SSSR count). The van der Waals surface area contributed by atoms with Crippen molar-refractivity contribution < 1.29 is 4.74 Å². The summed E-state index contributed by atoms with van der Waals surface area (Å²) in [5.41, 5.74) is 3.33. The van der Waals surface area contributed by atoms with E-state index in [1.54, 1.807) is 0 Å². The van der Waals surface area contributed by atoms with Crippen molar-refractivity contribution >= 4 is 11.5 Å². The molecule has 0 aromatic heterocycles. The van der Waals surface area contributed by atoms with E-state index in [9.17, 15) is 0 Å². The van der Waals surface area contributed by atoms with Crippen molar-refractivity contribution in [3.8, 4) is 0 Å². The molecule has 0 aliphatic carbocycles. The standard InChI is InChI=1S/C15H13NO/c1-3-7-12(8-4-1)14-15(17-11-16-14)13-9-5-2-6-10-13/h1-10,16H,11H2. The Morgan fingerprint density at radius 1 is 0.765 bits per heavy atom. The molecule has 0 fully saturated rings. The monoisotopic (exact) mass is 223 g/mol. The topological polar surface area (TPSA) is 21.3 Å². The maximum Gasteiger partial charge on any atom is 0.159 e. The van der Waals surface area contributed by atoms with Gasteiger partial charge in [0.1, 0.15) is 0 Å². The molecule has 0 atom stereocenters. The van der Waals surface area contributed by atoms with Crippen LogP contribution in [0.5, 0.6) is 0 Å². The van der Waals surface area contributed by atoms with Crippen molar-refractivity contribution in [2.24, 2.45) is 0 Å². The predicted molar refractivity (Wildman–Crippen MR) is 68.8 cm³/mol. The lowest BCUT2D eigenvalue weighted by molar-refractivity contribution is 0.291. The summed E-state index contributed by atoms with van der Waals surface area (Å²) >= 11 is 0. The first-order valence-electron chi connectivity index (χ1n) is 5.67. The Hall–Kier alpha value is -2.22. The molecule has 0 unspecified atom stereocenters. The third kappa shape index (κ3) is 1.89. The molecule has 2 heteroatoms. The first-order chi connectivity index (χ1) is 8.45. The number of rotatable bonds is 2. The van der Waals surface area contributed by atoms with Gasteiger partial charge in [-0.1, -0.05) is 60.7 Å². The SMILES string of the molecule is c1ccc(C2=C(c3ccccc3)OCN2)cc1. The maximum atomic E-state index is 5.67. The molecule has 1 N–H and O–H groups in total. The average molecular weight is 223 g/mol. The lowest BCUT2D eigenvalue weighted by atomic mass is 10.1. The summed E-state index contributed by atoms with van der Waals surface area (Å²) in [7, 11) is 0. The fourth-order valence-corrected chi connectivity index (χ4v) is 1.99.